The summed E-state index contributed by atoms with van der Waals surface area (Å²) >= 11 is 0.961. The Kier molecular flexibility index (Phi) is 6.56. The van der Waals surface area contributed by atoms with E-state index in [4.69, 9.17) is 4.74 Å². The highest BCUT2D eigenvalue weighted by Gasteiger charge is 2.29. The first-order chi connectivity index (χ1) is 14.8. The summed E-state index contributed by atoms with van der Waals surface area (Å²) in [6.45, 7) is 3.08. The summed E-state index contributed by atoms with van der Waals surface area (Å²) in [5.41, 5.74) is 0.991. The first-order valence-corrected chi connectivity index (χ1v) is 10.1. The quantitative estimate of drug-likeness (QED) is 0.241. The van der Waals surface area contributed by atoms with Gasteiger partial charge in [-0.05, 0) is 43.7 Å². The van der Waals surface area contributed by atoms with Crippen molar-refractivity contribution >= 4 is 39.7 Å². The number of amides is 1. The number of hydrogen-bond donors (Lipinski definition) is 1. The summed E-state index contributed by atoms with van der Waals surface area (Å²) in [6.07, 6.45) is 0. The molecule has 3 rings (SSSR count). The lowest BCUT2D eigenvalue weighted by Crippen LogP contribution is -2.14. The maximum absolute atomic E-state index is 12.8. The molecular weight excluding hydrogens is 420 g/mol. The second kappa shape index (κ2) is 9.31. The molecule has 0 aliphatic heterocycles. The van der Waals surface area contributed by atoms with Gasteiger partial charge >= 0.3 is 5.97 Å². The number of nitro groups is 1. The molecule has 1 aromatic heterocycles. The van der Waals surface area contributed by atoms with Crippen molar-refractivity contribution in [2.24, 2.45) is 0 Å². The Bertz CT molecular complexity index is 1150. The topological polar surface area (TPSA) is 116 Å². The van der Waals surface area contributed by atoms with Gasteiger partial charge in [-0.2, -0.15) is 0 Å². The van der Waals surface area contributed by atoms with Gasteiger partial charge in [-0.25, -0.2) is 4.79 Å². The predicted octanol–water partition coefficient (Wildman–Crippen LogP) is 4.95. The second-order valence-corrected chi connectivity index (χ2v) is 7.43. The van der Waals surface area contributed by atoms with Crippen LogP contribution in [0.1, 0.15) is 44.2 Å². The standard InChI is InChI=1S/C22H18N2O6S/c1-3-30-22(27)18-17(14-9-11-16(12-10-14)24(28)29)19(13(2)25)31-21(18)23-20(26)15-7-5-4-6-8-15/h4-12H,3H2,1-2H3,(H,23,26). The Morgan fingerprint density at radius 2 is 1.71 bits per heavy atom. The van der Waals surface area contributed by atoms with E-state index in [1.807, 2.05) is 0 Å². The second-order valence-electron chi connectivity index (χ2n) is 6.41. The van der Waals surface area contributed by atoms with E-state index in [1.54, 1.807) is 37.3 Å². The van der Waals surface area contributed by atoms with Gasteiger partial charge in [-0.3, -0.25) is 19.7 Å². The molecule has 0 aliphatic rings. The average Bonchev–Trinajstić information content (AvgIpc) is 3.14. The molecule has 1 amide bonds. The van der Waals surface area contributed by atoms with Crippen molar-refractivity contribution in [3.05, 3.63) is 80.7 Å². The number of ketones is 1. The monoisotopic (exact) mass is 438 g/mol. The first kappa shape index (κ1) is 21.8. The molecule has 0 aliphatic carbocycles. The molecule has 0 radical (unpaired) electrons. The van der Waals surface area contributed by atoms with Crippen molar-refractivity contribution in [2.45, 2.75) is 13.8 Å². The number of nitrogens with zero attached hydrogens (tertiary/aromatic N) is 1. The minimum absolute atomic E-state index is 0.0372. The van der Waals surface area contributed by atoms with Crippen LogP contribution in [-0.4, -0.2) is 29.2 Å². The summed E-state index contributed by atoms with van der Waals surface area (Å²) in [5, 5.41) is 13.8. The molecule has 2 aromatic carbocycles. The Hall–Kier alpha value is -3.85. The van der Waals surface area contributed by atoms with E-state index in [1.165, 1.54) is 31.2 Å². The fraction of sp³-hybridized carbons (Fsp3) is 0.136. The molecular formula is C22H18N2O6S. The third kappa shape index (κ3) is 4.67. The smallest absolute Gasteiger partial charge is 0.341 e. The molecule has 0 fully saturated rings. The van der Waals surface area contributed by atoms with Crippen LogP contribution in [0.4, 0.5) is 10.7 Å². The van der Waals surface area contributed by atoms with Crippen LogP contribution in [0, 0.1) is 10.1 Å². The number of anilines is 1. The Morgan fingerprint density at radius 1 is 1.06 bits per heavy atom. The normalized spacial score (nSPS) is 10.4. The van der Waals surface area contributed by atoms with E-state index in [0.717, 1.165) is 11.3 Å². The van der Waals surface area contributed by atoms with Gasteiger partial charge in [0.15, 0.2) is 5.78 Å². The number of thiophene rings is 1. The highest BCUT2D eigenvalue weighted by atomic mass is 32.1. The number of esters is 1. The van der Waals surface area contributed by atoms with Crippen LogP contribution >= 0.6 is 11.3 Å². The molecule has 1 heterocycles. The molecule has 0 saturated heterocycles. The van der Waals surface area contributed by atoms with Gasteiger partial charge in [0.05, 0.1) is 16.4 Å². The maximum Gasteiger partial charge on any atom is 0.341 e. The van der Waals surface area contributed by atoms with Crippen molar-refractivity contribution in [2.75, 3.05) is 11.9 Å². The van der Waals surface area contributed by atoms with Gasteiger partial charge in [-0.1, -0.05) is 18.2 Å². The average molecular weight is 438 g/mol. The molecule has 31 heavy (non-hydrogen) atoms. The number of ether oxygens (including phenoxy) is 1. The highest BCUT2D eigenvalue weighted by Crippen LogP contribution is 2.41. The van der Waals surface area contributed by atoms with Crippen molar-refractivity contribution in [1.29, 1.82) is 0 Å². The first-order valence-electron chi connectivity index (χ1n) is 9.29. The Balaban J connectivity index is 2.16. The number of carbonyl (C=O) groups is 3. The van der Waals surface area contributed by atoms with Gasteiger partial charge in [0.25, 0.3) is 11.6 Å². The number of non-ortho nitro benzene ring substituents is 1. The predicted molar refractivity (Wildman–Crippen MR) is 117 cm³/mol. The zero-order chi connectivity index (χ0) is 22.5. The SMILES string of the molecule is CCOC(=O)c1c(NC(=O)c2ccccc2)sc(C(C)=O)c1-c1ccc([N+](=O)[O-])cc1. The van der Waals surface area contributed by atoms with E-state index in [0.29, 0.717) is 11.1 Å². The Morgan fingerprint density at radius 3 is 2.26 bits per heavy atom. The fourth-order valence-electron chi connectivity index (χ4n) is 2.96. The van der Waals surface area contributed by atoms with Crippen LogP contribution in [0.5, 0.6) is 0 Å². The number of Topliss-reactive ketones (excluding diaryl/α,β-unsaturated/α-hetero) is 1. The summed E-state index contributed by atoms with van der Waals surface area (Å²) in [5.74, 6) is -1.47. The molecule has 158 valence electrons. The van der Waals surface area contributed by atoms with Gasteiger partial charge < -0.3 is 10.1 Å². The third-order valence-electron chi connectivity index (χ3n) is 4.34. The van der Waals surface area contributed by atoms with Crippen LogP contribution in [0.15, 0.2) is 54.6 Å². The maximum atomic E-state index is 12.8. The van der Waals surface area contributed by atoms with E-state index in [2.05, 4.69) is 5.32 Å². The lowest BCUT2D eigenvalue weighted by molar-refractivity contribution is -0.384. The largest absolute Gasteiger partial charge is 0.462 e. The van der Waals surface area contributed by atoms with Crippen LogP contribution in [0.3, 0.4) is 0 Å². The molecule has 0 saturated carbocycles. The fourth-order valence-corrected chi connectivity index (χ4v) is 4.06. The minimum Gasteiger partial charge on any atom is -0.462 e. The molecule has 8 nitrogen and oxygen atoms in total. The molecule has 0 spiro atoms. The van der Waals surface area contributed by atoms with Crippen molar-refractivity contribution in [1.82, 2.24) is 0 Å². The lowest BCUT2D eigenvalue weighted by atomic mass is 9.99. The minimum atomic E-state index is -0.706. The number of carbonyl (C=O) groups excluding carboxylic acids is 3. The van der Waals surface area contributed by atoms with Crippen LogP contribution < -0.4 is 5.32 Å². The molecule has 9 heteroatoms. The van der Waals surface area contributed by atoms with Gasteiger partial charge in [-0.15, -0.1) is 11.3 Å². The van der Waals surface area contributed by atoms with Crippen LogP contribution in [0.25, 0.3) is 11.1 Å². The third-order valence-corrected chi connectivity index (χ3v) is 5.54. The van der Waals surface area contributed by atoms with Gasteiger partial charge in [0, 0.05) is 23.3 Å². The molecule has 1 N–H and O–H groups in total. The Labute approximate surface area is 181 Å². The van der Waals surface area contributed by atoms with Crippen molar-refractivity contribution in [3.8, 4) is 11.1 Å². The van der Waals surface area contributed by atoms with Crippen LogP contribution in [-0.2, 0) is 4.74 Å². The number of benzene rings is 2. The molecule has 3 aromatic rings. The number of nitrogens with one attached hydrogen (secondary N) is 1. The molecule has 0 bridgehead atoms. The van der Waals surface area contributed by atoms with Gasteiger partial charge in [0.1, 0.15) is 10.6 Å². The van der Waals surface area contributed by atoms with Gasteiger partial charge in [0.2, 0.25) is 0 Å². The summed E-state index contributed by atoms with van der Waals surface area (Å²) in [6, 6.07) is 13.9. The van der Waals surface area contributed by atoms with Crippen LogP contribution in [0.2, 0.25) is 0 Å². The number of hydrogen-bond acceptors (Lipinski definition) is 7. The van der Waals surface area contributed by atoms with Crippen molar-refractivity contribution in [3.63, 3.8) is 0 Å². The highest BCUT2D eigenvalue weighted by molar-refractivity contribution is 7.19. The van der Waals surface area contributed by atoms with Crippen molar-refractivity contribution < 1.29 is 24.0 Å². The molecule has 0 unspecified atom stereocenters. The van der Waals surface area contributed by atoms with E-state index in [9.17, 15) is 24.5 Å². The molecule has 0 atom stereocenters. The zero-order valence-electron chi connectivity index (χ0n) is 16.7. The van der Waals surface area contributed by atoms with E-state index in [-0.39, 0.29) is 39.1 Å². The number of nitro benzene ring substituents is 1. The summed E-state index contributed by atoms with van der Waals surface area (Å²) in [4.78, 5) is 48.5. The summed E-state index contributed by atoms with van der Waals surface area (Å²) in [7, 11) is 0. The van der Waals surface area contributed by atoms with E-state index < -0.39 is 16.8 Å². The zero-order valence-corrected chi connectivity index (χ0v) is 17.5. The van der Waals surface area contributed by atoms with E-state index >= 15 is 0 Å². The lowest BCUT2D eigenvalue weighted by Gasteiger charge is -2.09. The number of rotatable bonds is 7. The summed E-state index contributed by atoms with van der Waals surface area (Å²) < 4.78 is 5.17.